The van der Waals surface area contributed by atoms with Gasteiger partial charge in [-0.05, 0) is 273 Å². The van der Waals surface area contributed by atoms with Crippen molar-refractivity contribution in [3.8, 4) is 90.5 Å². The van der Waals surface area contributed by atoms with Gasteiger partial charge in [-0.2, -0.15) is 0 Å². The first-order valence-electron chi connectivity index (χ1n) is 47.4. The van der Waals surface area contributed by atoms with Crippen molar-refractivity contribution in [2.24, 2.45) is 0 Å². The molecule has 0 saturated carbocycles. The highest BCUT2D eigenvalue weighted by molar-refractivity contribution is 6.07. The Morgan fingerprint density at radius 3 is 0.671 bits per heavy atom. The first-order valence-corrected chi connectivity index (χ1v) is 47.4. The van der Waals surface area contributed by atoms with Crippen LogP contribution < -0.4 is 41.9 Å². The van der Waals surface area contributed by atoms with Gasteiger partial charge in [-0.25, -0.2) is 39.9 Å². The van der Waals surface area contributed by atoms with E-state index in [0.29, 0.717) is 49.5 Å². The third kappa shape index (κ3) is 19.7. The average molecular weight is 1870 g/mol. The fourth-order valence-corrected chi connectivity index (χ4v) is 20.6. The van der Waals surface area contributed by atoms with E-state index in [1.165, 1.54) is 49.6 Å². The van der Waals surface area contributed by atoms with E-state index < -0.39 is 0 Å². The van der Waals surface area contributed by atoms with Crippen molar-refractivity contribution >= 4 is 91.0 Å². The number of amides is 4. The number of carbonyl (C=O) groups excluding carboxylic acids is 4. The van der Waals surface area contributed by atoms with E-state index in [1.807, 2.05) is 189 Å². The molecule has 28 heteroatoms. The summed E-state index contributed by atoms with van der Waals surface area (Å²) in [5, 5.41) is 3.38. The lowest BCUT2D eigenvalue weighted by molar-refractivity contribution is -0.128. The second-order valence-electron chi connectivity index (χ2n) is 35.9. The van der Waals surface area contributed by atoms with Gasteiger partial charge < -0.3 is 79.8 Å². The maximum Gasteiger partial charge on any atom is 0.246 e. The van der Waals surface area contributed by atoms with Crippen LogP contribution in [0.3, 0.4) is 0 Å². The van der Waals surface area contributed by atoms with Gasteiger partial charge in [0.1, 0.15) is 117 Å². The zero-order chi connectivity index (χ0) is 98.1. The molecular weight excluding hydrogens is 1750 g/mol. The topological polar surface area (TPSA) is 345 Å². The number of hydrogen-bond acceptors (Lipinski definition) is 20. The number of ether oxygens (including phenoxy) is 4. The average Bonchev–Trinajstić information content (AvgIpc) is 1.60. The molecule has 4 atom stereocenters. The molecule has 20 rings (SSSR count). The normalized spacial score (nSPS) is 15.8. The molecule has 12 heterocycles. The molecule has 4 aliphatic heterocycles. The summed E-state index contributed by atoms with van der Waals surface area (Å²) < 4.78 is 33.1. The zero-order valence-electron chi connectivity index (χ0n) is 80.3. The maximum absolute atomic E-state index is 12.3. The highest BCUT2D eigenvalue weighted by Crippen LogP contribution is 2.48. The molecule has 4 saturated heterocycles. The van der Waals surface area contributed by atoms with E-state index in [2.05, 4.69) is 164 Å². The standard InChI is InChI=1S/4C28H29N5O2/c4*1-4-24(34)32-14-8-9-20(16-32)33-19(3)25(26-27(29)30-17-31-28(26)33)23-13-12-22(15-18(23)2)35-21-10-6-5-7-11-21/h4*4-7,10-13,15,17,20H,1,8-9,14,16H2,2-3H3,(H2,29,30,31)/t4*20-/m1100/s1. The van der Waals surface area contributed by atoms with Crippen molar-refractivity contribution in [1.82, 2.24) is 77.7 Å². The molecular formula is C112H116N20O8. The van der Waals surface area contributed by atoms with E-state index in [0.717, 1.165) is 257 Å². The molecule has 8 aromatic heterocycles. The smallest absolute Gasteiger partial charge is 0.246 e. The predicted molar refractivity (Wildman–Crippen MR) is 554 cm³/mol. The third-order valence-corrected chi connectivity index (χ3v) is 27.0. The number of likely N-dealkylation sites (tertiary alicyclic amines) is 4. The molecule has 4 fully saturated rings. The van der Waals surface area contributed by atoms with Gasteiger partial charge in [-0.15, -0.1) is 0 Å². The minimum absolute atomic E-state index is 0.0389. The number of nitrogens with two attached hydrogens (primary N) is 4. The summed E-state index contributed by atoms with van der Waals surface area (Å²) in [6, 6.07) is 63.7. The van der Waals surface area contributed by atoms with Crippen LogP contribution in [0.4, 0.5) is 23.3 Å². The number of piperidine rings is 4. The summed E-state index contributed by atoms with van der Waals surface area (Å²) in [6.45, 7) is 36.7. The second-order valence-corrected chi connectivity index (χ2v) is 35.9. The van der Waals surface area contributed by atoms with Gasteiger partial charge in [0.2, 0.25) is 23.6 Å². The molecule has 712 valence electrons. The summed E-state index contributed by atoms with van der Waals surface area (Å²) in [6.07, 6.45) is 19.1. The van der Waals surface area contributed by atoms with Crippen LogP contribution in [-0.4, -0.2) is 154 Å². The van der Waals surface area contributed by atoms with Gasteiger partial charge >= 0.3 is 0 Å². The van der Waals surface area contributed by atoms with Crippen LogP contribution in [-0.2, 0) is 19.2 Å². The Kier molecular flexibility index (Phi) is 28.6. The number of nitrogen functional groups attached to an aromatic ring is 4. The quantitative estimate of drug-likeness (QED) is 0.0515. The predicted octanol–water partition coefficient (Wildman–Crippen LogP) is 21.8. The minimum Gasteiger partial charge on any atom is -0.457 e. The number of hydrogen-bond donors (Lipinski definition) is 4. The van der Waals surface area contributed by atoms with Crippen LogP contribution in [0, 0.1) is 55.4 Å². The Morgan fingerprint density at radius 1 is 0.286 bits per heavy atom. The number of carbonyl (C=O) groups is 4. The van der Waals surface area contributed by atoms with Gasteiger partial charge in [0.15, 0.2) is 0 Å². The molecule has 28 nitrogen and oxygen atoms in total. The van der Waals surface area contributed by atoms with Crippen LogP contribution in [0.5, 0.6) is 46.0 Å². The van der Waals surface area contributed by atoms with E-state index in [1.54, 1.807) is 0 Å². The van der Waals surface area contributed by atoms with Gasteiger partial charge in [0.05, 0.1) is 45.7 Å². The van der Waals surface area contributed by atoms with Gasteiger partial charge in [0.25, 0.3) is 0 Å². The van der Waals surface area contributed by atoms with Gasteiger partial charge in [0, 0.05) is 97.4 Å². The number of anilines is 4. The minimum atomic E-state index is -0.0389. The first-order chi connectivity index (χ1) is 67.9. The van der Waals surface area contributed by atoms with Crippen LogP contribution >= 0.6 is 0 Å². The SMILES string of the molecule is C=CC(=O)N1CCC[C@@H](n2c(C)c(-c3ccc(Oc4ccccc4)cc3C)c3c(N)ncnc32)C1.C=CC(=O)N1CCC[C@@H](n2c(C)c(-c3ccc(Oc4ccccc4)cc3C)c3c(N)ncnc32)C1.C=CC(=O)N1CCC[C@H](n2c(C)c(-c3ccc(Oc4ccccc4)cc3C)c3c(N)ncnc32)C1.C=CC(=O)N1CCC[C@H](n2c(C)c(-c3ccc(Oc4ccccc4)cc3C)c3c(N)ncnc32)C1. The molecule has 0 radical (unpaired) electrons. The number of rotatable bonds is 20. The summed E-state index contributed by atoms with van der Waals surface area (Å²) in [5.74, 6) is 7.90. The lowest BCUT2D eigenvalue weighted by atomic mass is 9.98. The molecule has 4 amide bonds. The number of aryl methyl sites for hydroxylation is 4. The molecule has 0 spiro atoms. The fraction of sp³-hybridized carbons (Fsp3) is 0.250. The molecule has 8 N–H and O–H groups in total. The number of fused-ring (bicyclic) bond motifs is 4. The Morgan fingerprint density at radius 2 is 0.486 bits per heavy atom. The molecule has 0 bridgehead atoms. The fourth-order valence-electron chi connectivity index (χ4n) is 20.6. The molecule has 140 heavy (non-hydrogen) atoms. The number of benzene rings is 8. The van der Waals surface area contributed by atoms with E-state index in [9.17, 15) is 19.2 Å². The van der Waals surface area contributed by atoms with Crippen LogP contribution in [0.2, 0.25) is 0 Å². The van der Waals surface area contributed by atoms with Crippen molar-refractivity contribution in [3.63, 3.8) is 0 Å². The molecule has 8 aromatic carbocycles. The van der Waals surface area contributed by atoms with Crippen molar-refractivity contribution in [2.75, 3.05) is 75.3 Å². The summed E-state index contributed by atoms with van der Waals surface area (Å²) in [5.41, 5.74) is 45.7. The highest BCUT2D eigenvalue weighted by Gasteiger charge is 2.36. The van der Waals surface area contributed by atoms with Gasteiger partial charge in [-0.3, -0.25) is 19.2 Å². The summed E-state index contributed by atoms with van der Waals surface area (Å²) in [4.78, 5) is 92.5. The number of aromatic nitrogens is 12. The number of para-hydroxylation sites is 4. The Bertz CT molecular complexity index is 6510. The Balaban J connectivity index is 0.000000129. The van der Waals surface area contributed by atoms with Crippen LogP contribution in [0.15, 0.2) is 270 Å². The van der Waals surface area contributed by atoms with Crippen molar-refractivity contribution in [2.45, 2.75) is 131 Å². The highest BCUT2D eigenvalue weighted by atomic mass is 16.5. The van der Waals surface area contributed by atoms with Crippen molar-refractivity contribution < 1.29 is 38.1 Å². The van der Waals surface area contributed by atoms with Crippen molar-refractivity contribution in [3.05, 3.63) is 315 Å². The lowest BCUT2D eigenvalue weighted by Crippen LogP contribution is -2.40. The molecule has 0 aliphatic carbocycles. The van der Waals surface area contributed by atoms with Crippen molar-refractivity contribution in [1.29, 1.82) is 0 Å². The molecule has 0 unspecified atom stereocenters. The third-order valence-electron chi connectivity index (χ3n) is 27.0. The molecule has 4 aliphatic rings. The Hall–Kier alpha value is -16.5. The van der Waals surface area contributed by atoms with Crippen LogP contribution in [0.1, 0.15) is 121 Å². The Labute approximate surface area is 814 Å². The van der Waals surface area contributed by atoms with E-state index >= 15 is 0 Å². The maximum atomic E-state index is 12.3. The first kappa shape index (κ1) is 95.2. The summed E-state index contributed by atoms with van der Waals surface area (Å²) in [7, 11) is 0. The van der Waals surface area contributed by atoms with Gasteiger partial charge in [-0.1, -0.05) is 123 Å². The number of nitrogens with zero attached hydrogens (tertiary/aromatic N) is 16. The van der Waals surface area contributed by atoms with E-state index in [-0.39, 0.29) is 47.8 Å². The van der Waals surface area contributed by atoms with Crippen LogP contribution in [0.25, 0.3) is 88.6 Å². The monoisotopic (exact) mass is 1870 g/mol. The largest absolute Gasteiger partial charge is 0.457 e. The summed E-state index contributed by atoms with van der Waals surface area (Å²) >= 11 is 0. The second kappa shape index (κ2) is 42.0. The van der Waals surface area contributed by atoms with E-state index in [4.69, 9.17) is 41.9 Å². The lowest BCUT2D eigenvalue weighted by Gasteiger charge is -2.34. The molecule has 16 aromatic rings. The zero-order valence-corrected chi connectivity index (χ0v) is 80.3.